The number of aliphatic carboxylic acids is 1. The third kappa shape index (κ3) is 2.61. The number of methoxy groups -OCH3 is 1. The van der Waals surface area contributed by atoms with E-state index in [-0.39, 0.29) is 11.4 Å². The summed E-state index contributed by atoms with van der Waals surface area (Å²) in [5.74, 6) is -2.49. The summed E-state index contributed by atoms with van der Waals surface area (Å²) in [6.07, 6.45) is 0.382. The van der Waals surface area contributed by atoms with Crippen LogP contribution in [-0.4, -0.2) is 35.7 Å². The quantitative estimate of drug-likeness (QED) is 0.675. The Morgan fingerprint density at radius 3 is 2.71 bits per heavy atom. The predicted molar refractivity (Wildman–Crippen MR) is 72.2 cm³/mol. The van der Waals surface area contributed by atoms with Crippen LogP contribution in [0.1, 0.15) is 13.3 Å². The zero-order valence-electron chi connectivity index (χ0n) is 11.6. The molecule has 21 heavy (non-hydrogen) atoms. The van der Waals surface area contributed by atoms with E-state index in [1.54, 1.807) is 11.8 Å². The van der Waals surface area contributed by atoms with Crippen molar-refractivity contribution in [1.82, 2.24) is 0 Å². The number of carboxylic acid groups (broad SMARTS) is 1. The summed E-state index contributed by atoms with van der Waals surface area (Å²) in [6, 6.07) is 1.62. The molecule has 1 fully saturated rings. The standard InChI is InChI=1S/C13H15FN2O5/c1-7-8(13(17)18)3-4-15(7)10-6-12(21-2)9(14)5-11(10)16(19)20/h5-8H,3-4H2,1-2H3,(H,17,18). The molecule has 1 heterocycles. The molecular formula is C13H15FN2O5. The van der Waals surface area contributed by atoms with Gasteiger partial charge in [0.15, 0.2) is 11.6 Å². The van der Waals surface area contributed by atoms with E-state index in [4.69, 9.17) is 9.84 Å². The molecular weight excluding hydrogens is 283 g/mol. The molecule has 0 bridgehead atoms. The maximum absolute atomic E-state index is 13.6. The van der Waals surface area contributed by atoms with E-state index in [2.05, 4.69) is 0 Å². The van der Waals surface area contributed by atoms with Gasteiger partial charge in [-0.1, -0.05) is 0 Å². The Morgan fingerprint density at radius 2 is 2.24 bits per heavy atom. The van der Waals surface area contributed by atoms with Crippen LogP contribution >= 0.6 is 0 Å². The van der Waals surface area contributed by atoms with Crippen LogP contribution in [0.3, 0.4) is 0 Å². The van der Waals surface area contributed by atoms with Crippen molar-refractivity contribution in [3.8, 4) is 5.75 Å². The number of hydrogen-bond donors (Lipinski definition) is 1. The van der Waals surface area contributed by atoms with Gasteiger partial charge in [0.1, 0.15) is 5.69 Å². The van der Waals surface area contributed by atoms with Crippen LogP contribution in [-0.2, 0) is 4.79 Å². The van der Waals surface area contributed by atoms with E-state index in [0.717, 1.165) is 6.07 Å². The Labute approximate surface area is 120 Å². The first kappa shape index (κ1) is 15.0. The molecule has 0 saturated carbocycles. The van der Waals surface area contributed by atoms with Crippen molar-refractivity contribution in [2.24, 2.45) is 5.92 Å². The average Bonchev–Trinajstić information content (AvgIpc) is 2.80. The average molecular weight is 298 g/mol. The van der Waals surface area contributed by atoms with Crippen LogP contribution in [0.25, 0.3) is 0 Å². The summed E-state index contributed by atoms with van der Waals surface area (Å²) in [5, 5.41) is 20.2. The number of nitro groups is 1. The Hall–Kier alpha value is -2.38. The van der Waals surface area contributed by atoms with Crippen molar-refractivity contribution in [2.45, 2.75) is 19.4 Å². The topological polar surface area (TPSA) is 92.9 Å². The fourth-order valence-corrected chi connectivity index (χ4v) is 2.67. The molecule has 1 saturated heterocycles. The number of hydrogen-bond acceptors (Lipinski definition) is 5. The van der Waals surface area contributed by atoms with Crippen molar-refractivity contribution in [3.63, 3.8) is 0 Å². The second-order valence-electron chi connectivity index (χ2n) is 4.90. The van der Waals surface area contributed by atoms with Crippen LogP contribution < -0.4 is 9.64 Å². The third-order valence-electron chi connectivity index (χ3n) is 3.83. The summed E-state index contributed by atoms with van der Waals surface area (Å²) < 4.78 is 18.5. The van der Waals surface area contributed by atoms with Gasteiger partial charge in [0.25, 0.3) is 5.69 Å². The molecule has 1 aromatic rings. The van der Waals surface area contributed by atoms with Gasteiger partial charge >= 0.3 is 5.97 Å². The number of nitro benzene ring substituents is 1. The molecule has 1 aliphatic heterocycles. The van der Waals surface area contributed by atoms with Gasteiger partial charge in [-0.3, -0.25) is 14.9 Å². The minimum Gasteiger partial charge on any atom is -0.494 e. The summed E-state index contributed by atoms with van der Waals surface area (Å²) in [7, 11) is 1.27. The maximum atomic E-state index is 13.6. The minimum atomic E-state index is -0.943. The number of halogens is 1. The van der Waals surface area contributed by atoms with Crippen molar-refractivity contribution < 1.29 is 24.0 Å². The summed E-state index contributed by atoms with van der Waals surface area (Å²) in [5.41, 5.74) is -0.222. The molecule has 1 aliphatic rings. The van der Waals surface area contributed by atoms with Crippen LogP contribution in [0.15, 0.2) is 12.1 Å². The van der Waals surface area contributed by atoms with Crippen LogP contribution in [0, 0.1) is 21.8 Å². The molecule has 0 aliphatic carbocycles. The molecule has 2 unspecified atom stereocenters. The lowest BCUT2D eigenvalue weighted by molar-refractivity contribution is -0.384. The van der Waals surface area contributed by atoms with E-state index in [9.17, 15) is 19.3 Å². The van der Waals surface area contributed by atoms with Crippen molar-refractivity contribution in [1.29, 1.82) is 0 Å². The van der Waals surface area contributed by atoms with Crippen molar-refractivity contribution in [3.05, 3.63) is 28.1 Å². The number of carbonyl (C=O) groups is 1. The molecule has 2 atom stereocenters. The van der Waals surface area contributed by atoms with Crippen LogP contribution in [0.2, 0.25) is 0 Å². The predicted octanol–water partition coefficient (Wildman–Crippen LogP) is 2.04. The Morgan fingerprint density at radius 1 is 1.57 bits per heavy atom. The largest absolute Gasteiger partial charge is 0.494 e. The number of ether oxygens (including phenoxy) is 1. The highest BCUT2D eigenvalue weighted by Gasteiger charge is 2.38. The number of benzene rings is 1. The molecule has 0 amide bonds. The van der Waals surface area contributed by atoms with E-state index in [0.29, 0.717) is 13.0 Å². The molecule has 0 radical (unpaired) electrons. The summed E-state index contributed by atoms with van der Waals surface area (Å²) in [6.45, 7) is 2.04. The molecule has 7 nitrogen and oxygen atoms in total. The SMILES string of the molecule is COc1cc(N2CCC(C(=O)O)C2C)c([N+](=O)[O-])cc1F. The lowest BCUT2D eigenvalue weighted by Crippen LogP contribution is -2.33. The minimum absolute atomic E-state index is 0.110. The Kier molecular flexibility index (Phi) is 3.97. The normalized spacial score (nSPS) is 21.4. The highest BCUT2D eigenvalue weighted by molar-refractivity contribution is 5.75. The third-order valence-corrected chi connectivity index (χ3v) is 3.83. The zero-order chi connectivity index (χ0) is 15.7. The number of rotatable bonds is 4. The molecule has 8 heteroatoms. The van der Waals surface area contributed by atoms with Gasteiger partial charge in [-0.15, -0.1) is 0 Å². The maximum Gasteiger partial charge on any atom is 0.308 e. The first-order valence-electron chi connectivity index (χ1n) is 6.38. The summed E-state index contributed by atoms with van der Waals surface area (Å²) >= 11 is 0. The molecule has 114 valence electrons. The summed E-state index contributed by atoms with van der Waals surface area (Å²) in [4.78, 5) is 23.2. The van der Waals surface area contributed by atoms with E-state index in [1.165, 1.54) is 13.2 Å². The highest BCUT2D eigenvalue weighted by Crippen LogP contribution is 2.39. The molecule has 1 N–H and O–H groups in total. The fraction of sp³-hybridized carbons (Fsp3) is 0.462. The van der Waals surface area contributed by atoms with Gasteiger partial charge in [0.05, 0.1) is 24.0 Å². The van der Waals surface area contributed by atoms with Crippen LogP contribution in [0.5, 0.6) is 5.75 Å². The fourth-order valence-electron chi connectivity index (χ4n) is 2.67. The highest BCUT2D eigenvalue weighted by atomic mass is 19.1. The zero-order valence-corrected chi connectivity index (χ0v) is 11.6. The Bertz CT molecular complexity index is 592. The monoisotopic (exact) mass is 298 g/mol. The van der Waals surface area contributed by atoms with Gasteiger partial charge < -0.3 is 14.7 Å². The number of carboxylic acids is 1. The van der Waals surface area contributed by atoms with E-state index >= 15 is 0 Å². The molecule has 2 rings (SSSR count). The van der Waals surface area contributed by atoms with Gasteiger partial charge in [0, 0.05) is 18.7 Å². The lowest BCUT2D eigenvalue weighted by Gasteiger charge is -2.25. The Balaban J connectivity index is 2.48. The second kappa shape index (κ2) is 5.55. The van der Waals surface area contributed by atoms with E-state index < -0.39 is 34.4 Å². The molecule has 1 aromatic carbocycles. The second-order valence-corrected chi connectivity index (χ2v) is 4.90. The van der Waals surface area contributed by atoms with Crippen LogP contribution in [0.4, 0.5) is 15.8 Å². The van der Waals surface area contributed by atoms with E-state index in [1.807, 2.05) is 0 Å². The first-order chi connectivity index (χ1) is 9.86. The van der Waals surface area contributed by atoms with Gasteiger partial charge in [-0.05, 0) is 13.3 Å². The van der Waals surface area contributed by atoms with Gasteiger partial charge in [-0.25, -0.2) is 4.39 Å². The molecule has 0 aromatic heterocycles. The number of nitrogens with zero attached hydrogens (tertiary/aromatic N) is 2. The lowest BCUT2D eigenvalue weighted by atomic mass is 10.0. The first-order valence-corrected chi connectivity index (χ1v) is 6.38. The smallest absolute Gasteiger partial charge is 0.308 e. The van der Waals surface area contributed by atoms with Gasteiger partial charge in [-0.2, -0.15) is 0 Å². The van der Waals surface area contributed by atoms with Crippen molar-refractivity contribution >= 4 is 17.3 Å². The molecule has 0 spiro atoms. The van der Waals surface area contributed by atoms with Gasteiger partial charge in [0.2, 0.25) is 0 Å². The number of anilines is 1. The van der Waals surface area contributed by atoms with Crippen molar-refractivity contribution in [2.75, 3.05) is 18.6 Å².